The van der Waals surface area contributed by atoms with Crippen molar-refractivity contribution < 1.29 is 4.79 Å². The highest BCUT2D eigenvalue weighted by Crippen LogP contribution is 2.28. The number of rotatable bonds is 3. The second-order valence-corrected chi connectivity index (χ2v) is 7.14. The molecule has 1 aliphatic rings. The first-order chi connectivity index (χ1) is 13.1. The maximum absolute atomic E-state index is 13.1. The van der Waals surface area contributed by atoms with Crippen molar-refractivity contribution in [3.05, 3.63) is 98.9 Å². The van der Waals surface area contributed by atoms with Crippen LogP contribution in [0.4, 0.5) is 5.69 Å². The molecule has 2 aromatic carbocycles. The molecule has 1 aliphatic heterocycles. The summed E-state index contributed by atoms with van der Waals surface area (Å²) in [4.78, 5) is 27.2. The van der Waals surface area contributed by atoms with Gasteiger partial charge < -0.3 is 9.47 Å². The molecule has 4 nitrogen and oxygen atoms in total. The number of aromatic nitrogens is 1. The van der Waals surface area contributed by atoms with Gasteiger partial charge >= 0.3 is 0 Å². The van der Waals surface area contributed by atoms with Crippen molar-refractivity contribution in [3.63, 3.8) is 0 Å². The molecule has 0 saturated heterocycles. The van der Waals surface area contributed by atoms with Crippen LogP contribution in [0.1, 0.15) is 27.9 Å². The summed E-state index contributed by atoms with van der Waals surface area (Å²) in [6, 6.07) is 18.4. The molecule has 1 aromatic heterocycles. The Labute approximate surface area is 162 Å². The molecule has 0 spiro atoms. The van der Waals surface area contributed by atoms with Gasteiger partial charge in [0.25, 0.3) is 11.5 Å². The molecule has 136 valence electrons. The predicted molar refractivity (Wildman–Crippen MR) is 108 cm³/mol. The summed E-state index contributed by atoms with van der Waals surface area (Å²) in [6.45, 7) is 1.06. The Balaban J connectivity index is 1.65. The summed E-state index contributed by atoms with van der Waals surface area (Å²) in [7, 11) is 0. The average molecular weight is 379 g/mol. The van der Waals surface area contributed by atoms with Gasteiger partial charge in [0, 0.05) is 29.5 Å². The number of aryl methyl sites for hydroxylation is 1. The van der Waals surface area contributed by atoms with E-state index in [0.717, 1.165) is 24.1 Å². The van der Waals surface area contributed by atoms with Crippen LogP contribution in [0.3, 0.4) is 0 Å². The van der Waals surface area contributed by atoms with E-state index in [1.54, 1.807) is 22.9 Å². The summed E-state index contributed by atoms with van der Waals surface area (Å²) in [5.41, 5.74) is 3.42. The molecule has 3 aromatic rings. The molecule has 27 heavy (non-hydrogen) atoms. The molecule has 2 heterocycles. The number of hydrogen-bond donors (Lipinski definition) is 0. The fraction of sp³-hybridized carbons (Fsp3) is 0.182. The van der Waals surface area contributed by atoms with Gasteiger partial charge in [-0.15, -0.1) is 0 Å². The second-order valence-electron chi connectivity index (χ2n) is 6.70. The largest absolute Gasteiger partial charge is 0.310 e. The van der Waals surface area contributed by atoms with E-state index in [2.05, 4.69) is 6.07 Å². The van der Waals surface area contributed by atoms with Crippen molar-refractivity contribution in [2.45, 2.75) is 19.4 Å². The van der Waals surface area contributed by atoms with E-state index in [1.165, 1.54) is 11.6 Å². The van der Waals surface area contributed by atoms with Crippen LogP contribution in [0.15, 0.2) is 71.7 Å². The van der Waals surface area contributed by atoms with E-state index in [-0.39, 0.29) is 11.5 Å². The van der Waals surface area contributed by atoms with Crippen LogP contribution in [0.5, 0.6) is 0 Å². The maximum atomic E-state index is 13.1. The Morgan fingerprint density at radius 2 is 1.89 bits per heavy atom. The molecule has 0 unspecified atom stereocenters. The number of halogens is 1. The van der Waals surface area contributed by atoms with Crippen LogP contribution < -0.4 is 10.5 Å². The Kier molecular flexibility index (Phi) is 4.82. The molecule has 0 bridgehead atoms. The van der Waals surface area contributed by atoms with Gasteiger partial charge in [-0.3, -0.25) is 9.59 Å². The van der Waals surface area contributed by atoms with Gasteiger partial charge in [-0.25, -0.2) is 0 Å². The lowest BCUT2D eigenvalue weighted by molar-refractivity contribution is 0.0984. The second kappa shape index (κ2) is 7.41. The molecule has 0 radical (unpaired) electrons. The van der Waals surface area contributed by atoms with Crippen molar-refractivity contribution in [1.82, 2.24) is 4.57 Å². The molecule has 4 rings (SSSR count). The number of benzene rings is 2. The first kappa shape index (κ1) is 17.6. The summed E-state index contributed by atoms with van der Waals surface area (Å²) < 4.78 is 1.55. The molecule has 0 aliphatic carbocycles. The Bertz CT molecular complexity index is 1060. The van der Waals surface area contributed by atoms with E-state index in [0.29, 0.717) is 23.7 Å². The van der Waals surface area contributed by atoms with Crippen LogP contribution >= 0.6 is 11.6 Å². The summed E-state index contributed by atoms with van der Waals surface area (Å²) in [6.07, 6.45) is 3.56. The van der Waals surface area contributed by atoms with E-state index in [1.807, 2.05) is 41.3 Å². The number of carbonyl (C=O) groups excluding carboxylic acids is 1. The highest BCUT2D eigenvalue weighted by atomic mass is 35.5. The topological polar surface area (TPSA) is 42.3 Å². The monoisotopic (exact) mass is 378 g/mol. The number of para-hydroxylation sites is 1. The third kappa shape index (κ3) is 3.67. The smallest absolute Gasteiger partial charge is 0.259 e. The van der Waals surface area contributed by atoms with Crippen molar-refractivity contribution in [1.29, 1.82) is 0 Å². The lowest BCUT2D eigenvalue weighted by Crippen LogP contribution is -2.36. The van der Waals surface area contributed by atoms with E-state index < -0.39 is 0 Å². The minimum absolute atomic E-state index is 0.0815. The zero-order chi connectivity index (χ0) is 18.8. The molecule has 0 atom stereocenters. The lowest BCUT2D eigenvalue weighted by atomic mass is 10.0. The lowest BCUT2D eigenvalue weighted by Gasteiger charge is -2.29. The van der Waals surface area contributed by atoms with Gasteiger partial charge in [0.1, 0.15) is 0 Å². The Hall–Kier alpha value is -2.85. The normalized spacial score (nSPS) is 13.3. The third-order valence-electron chi connectivity index (χ3n) is 4.83. The minimum atomic E-state index is -0.148. The quantitative estimate of drug-likeness (QED) is 0.687. The van der Waals surface area contributed by atoms with Crippen molar-refractivity contribution in [3.8, 4) is 0 Å². The third-order valence-corrected chi connectivity index (χ3v) is 5.06. The van der Waals surface area contributed by atoms with Crippen LogP contribution in [0.2, 0.25) is 5.02 Å². The SMILES string of the molecule is O=C(c1ccc(=O)n(Cc2cccc(Cl)c2)c1)N1CCCc2ccccc21. The number of anilines is 1. The number of carbonyl (C=O) groups is 1. The molecule has 1 amide bonds. The first-order valence-electron chi connectivity index (χ1n) is 8.96. The van der Waals surface area contributed by atoms with Crippen molar-refractivity contribution in [2.24, 2.45) is 0 Å². The van der Waals surface area contributed by atoms with E-state index in [4.69, 9.17) is 11.6 Å². The Morgan fingerprint density at radius 3 is 2.74 bits per heavy atom. The number of amides is 1. The minimum Gasteiger partial charge on any atom is -0.310 e. The molecule has 0 N–H and O–H groups in total. The van der Waals surface area contributed by atoms with Crippen molar-refractivity contribution >= 4 is 23.2 Å². The summed E-state index contributed by atoms with van der Waals surface area (Å²) in [5.74, 6) is -0.0815. The van der Waals surface area contributed by atoms with Crippen LogP contribution in [0, 0.1) is 0 Å². The number of fused-ring (bicyclic) bond motifs is 1. The summed E-state index contributed by atoms with van der Waals surface area (Å²) in [5, 5.41) is 0.623. The Morgan fingerprint density at radius 1 is 1.04 bits per heavy atom. The maximum Gasteiger partial charge on any atom is 0.259 e. The fourth-order valence-corrected chi connectivity index (χ4v) is 3.73. The molecular weight excluding hydrogens is 360 g/mol. The van der Waals surface area contributed by atoms with Gasteiger partial charge in [-0.05, 0) is 48.2 Å². The van der Waals surface area contributed by atoms with Crippen molar-refractivity contribution in [2.75, 3.05) is 11.4 Å². The fourth-order valence-electron chi connectivity index (χ4n) is 3.51. The number of hydrogen-bond acceptors (Lipinski definition) is 2. The van der Waals surface area contributed by atoms with Gasteiger partial charge in [0.05, 0.1) is 12.1 Å². The highest BCUT2D eigenvalue weighted by Gasteiger charge is 2.23. The standard InChI is InChI=1S/C22H19ClN2O2/c23-19-8-3-5-16(13-19)14-24-15-18(10-11-21(24)26)22(27)25-12-4-7-17-6-1-2-9-20(17)25/h1-3,5-6,8-11,13,15H,4,7,12,14H2. The van der Waals surface area contributed by atoms with Gasteiger partial charge in [0.2, 0.25) is 0 Å². The van der Waals surface area contributed by atoms with E-state index in [9.17, 15) is 9.59 Å². The molecule has 5 heteroatoms. The van der Waals surface area contributed by atoms with Gasteiger partial charge in [-0.2, -0.15) is 0 Å². The average Bonchev–Trinajstić information content (AvgIpc) is 2.69. The number of nitrogens with zero attached hydrogens (tertiary/aromatic N) is 2. The van der Waals surface area contributed by atoms with Crippen LogP contribution in [-0.4, -0.2) is 17.0 Å². The molecule has 0 saturated carbocycles. The zero-order valence-electron chi connectivity index (χ0n) is 14.8. The van der Waals surface area contributed by atoms with Gasteiger partial charge in [0.15, 0.2) is 0 Å². The van der Waals surface area contributed by atoms with E-state index >= 15 is 0 Å². The molecular formula is C22H19ClN2O2. The highest BCUT2D eigenvalue weighted by molar-refractivity contribution is 6.30. The number of pyridine rings is 1. The molecule has 0 fully saturated rings. The zero-order valence-corrected chi connectivity index (χ0v) is 15.5. The van der Waals surface area contributed by atoms with Crippen LogP contribution in [0.25, 0.3) is 0 Å². The predicted octanol–water partition coefficient (Wildman–Crippen LogP) is 4.14. The van der Waals surface area contributed by atoms with Crippen LogP contribution in [-0.2, 0) is 13.0 Å². The van der Waals surface area contributed by atoms with Gasteiger partial charge in [-0.1, -0.05) is 41.9 Å². The summed E-state index contributed by atoms with van der Waals surface area (Å²) >= 11 is 6.03. The first-order valence-corrected chi connectivity index (χ1v) is 9.34.